The van der Waals surface area contributed by atoms with E-state index in [1.165, 1.54) is 18.3 Å². The molecule has 0 saturated carbocycles. The van der Waals surface area contributed by atoms with Crippen LogP contribution in [0.15, 0.2) is 42.6 Å². The van der Waals surface area contributed by atoms with Gasteiger partial charge in [-0.3, -0.25) is 4.79 Å². The average molecular weight is 379 g/mol. The molecule has 0 bridgehead atoms. The number of pyridine rings is 1. The van der Waals surface area contributed by atoms with Crippen molar-refractivity contribution in [3.05, 3.63) is 48.2 Å². The number of carbonyl (C=O) groups excluding carboxylic acids is 1. The van der Waals surface area contributed by atoms with Crippen LogP contribution in [0, 0.1) is 5.92 Å². The molecule has 0 unspecified atom stereocenters. The predicted octanol–water partition coefficient (Wildman–Crippen LogP) is 4.17. The summed E-state index contributed by atoms with van der Waals surface area (Å²) in [6, 6.07) is 7.58. The van der Waals surface area contributed by atoms with Crippen molar-refractivity contribution in [1.82, 2.24) is 9.88 Å². The Morgan fingerprint density at radius 3 is 2.37 bits per heavy atom. The lowest BCUT2D eigenvalue weighted by atomic mass is 9.96. The van der Waals surface area contributed by atoms with Gasteiger partial charge in [-0.1, -0.05) is 0 Å². The molecular formula is C19H20F3N3O2. The van der Waals surface area contributed by atoms with Crippen molar-refractivity contribution in [2.75, 3.05) is 25.5 Å². The van der Waals surface area contributed by atoms with Gasteiger partial charge in [0.1, 0.15) is 5.75 Å². The SMILES string of the molecule is CN1CCC(C(=O)Nc2ccc(Oc3ccc(C(F)(F)F)cc3)nc2)CC1. The van der Waals surface area contributed by atoms with Crippen LogP contribution in [0.5, 0.6) is 11.6 Å². The number of rotatable bonds is 4. The van der Waals surface area contributed by atoms with Gasteiger partial charge in [0.25, 0.3) is 0 Å². The highest BCUT2D eigenvalue weighted by Gasteiger charge is 2.30. The van der Waals surface area contributed by atoms with Crippen molar-refractivity contribution in [1.29, 1.82) is 0 Å². The number of carbonyl (C=O) groups is 1. The van der Waals surface area contributed by atoms with Gasteiger partial charge < -0.3 is 15.0 Å². The van der Waals surface area contributed by atoms with E-state index in [2.05, 4.69) is 15.2 Å². The van der Waals surface area contributed by atoms with Crippen LogP contribution < -0.4 is 10.1 Å². The largest absolute Gasteiger partial charge is 0.439 e. The first kappa shape index (κ1) is 19.2. The Balaban J connectivity index is 1.56. The van der Waals surface area contributed by atoms with Crippen LogP contribution in [-0.4, -0.2) is 35.9 Å². The van der Waals surface area contributed by atoms with E-state index in [9.17, 15) is 18.0 Å². The minimum absolute atomic E-state index is 0.00993. The van der Waals surface area contributed by atoms with Crippen LogP contribution in [0.1, 0.15) is 18.4 Å². The Kier molecular flexibility index (Phi) is 5.65. The van der Waals surface area contributed by atoms with Crippen LogP contribution in [-0.2, 0) is 11.0 Å². The number of amides is 1. The van der Waals surface area contributed by atoms with E-state index in [1.54, 1.807) is 12.1 Å². The van der Waals surface area contributed by atoms with Crippen LogP contribution in [0.25, 0.3) is 0 Å². The number of piperidine rings is 1. The molecule has 1 amide bonds. The number of nitrogens with zero attached hydrogens (tertiary/aromatic N) is 2. The maximum Gasteiger partial charge on any atom is 0.416 e. The van der Waals surface area contributed by atoms with E-state index in [-0.39, 0.29) is 23.5 Å². The van der Waals surface area contributed by atoms with Gasteiger partial charge in [-0.15, -0.1) is 0 Å². The monoisotopic (exact) mass is 379 g/mol. The summed E-state index contributed by atoms with van der Waals surface area (Å²) in [6.07, 6.45) is -1.27. The molecule has 2 heterocycles. The minimum atomic E-state index is -4.38. The van der Waals surface area contributed by atoms with Gasteiger partial charge in [0, 0.05) is 12.0 Å². The van der Waals surface area contributed by atoms with Gasteiger partial charge in [0.15, 0.2) is 0 Å². The maximum atomic E-state index is 12.6. The summed E-state index contributed by atoms with van der Waals surface area (Å²) >= 11 is 0. The molecule has 1 aromatic heterocycles. The molecule has 1 aliphatic heterocycles. The highest BCUT2D eigenvalue weighted by atomic mass is 19.4. The summed E-state index contributed by atoms with van der Waals surface area (Å²) in [5.41, 5.74) is -0.187. The summed E-state index contributed by atoms with van der Waals surface area (Å²) < 4.78 is 43.1. The standard InChI is InChI=1S/C19H20F3N3O2/c1-25-10-8-13(9-11-25)18(26)24-15-4-7-17(23-12-15)27-16-5-2-14(3-6-16)19(20,21)22/h2-7,12-13H,8-11H2,1H3,(H,24,26). The fourth-order valence-electron chi connectivity index (χ4n) is 2.86. The highest BCUT2D eigenvalue weighted by Crippen LogP contribution is 2.31. The Morgan fingerprint density at radius 1 is 1.15 bits per heavy atom. The Morgan fingerprint density at radius 2 is 1.81 bits per heavy atom. The number of benzene rings is 1. The van der Waals surface area contributed by atoms with Gasteiger partial charge in [0.05, 0.1) is 17.4 Å². The quantitative estimate of drug-likeness (QED) is 0.866. The molecule has 0 atom stereocenters. The zero-order chi connectivity index (χ0) is 19.4. The van der Waals surface area contributed by atoms with Crippen molar-refractivity contribution >= 4 is 11.6 Å². The molecule has 3 rings (SSSR count). The topological polar surface area (TPSA) is 54.5 Å². The number of hydrogen-bond acceptors (Lipinski definition) is 4. The lowest BCUT2D eigenvalue weighted by Crippen LogP contribution is -2.35. The molecule has 5 nitrogen and oxygen atoms in total. The highest BCUT2D eigenvalue weighted by molar-refractivity contribution is 5.92. The van der Waals surface area contributed by atoms with Crippen LogP contribution in [0.3, 0.4) is 0 Å². The van der Waals surface area contributed by atoms with Gasteiger partial charge in [0.2, 0.25) is 11.8 Å². The molecule has 8 heteroatoms. The fourth-order valence-corrected chi connectivity index (χ4v) is 2.86. The van der Waals surface area contributed by atoms with E-state index in [1.807, 2.05) is 7.05 Å². The van der Waals surface area contributed by atoms with Crippen LogP contribution >= 0.6 is 0 Å². The van der Waals surface area contributed by atoms with E-state index in [0.717, 1.165) is 38.1 Å². The van der Waals surface area contributed by atoms with Crippen LogP contribution in [0.2, 0.25) is 0 Å². The summed E-state index contributed by atoms with van der Waals surface area (Å²) in [7, 11) is 2.04. The van der Waals surface area contributed by atoms with E-state index >= 15 is 0 Å². The molecule has 1 aliphatic rings. The predicted molar refractivity (Wildman–Crippen MR) is 94.6 cm³/mol. The maximum absolute atomic E-state index is 12.6. The Labute approximate surface area is 155 Å². The number of likely N-dealkylation sites (tertiary alicyclic amines) is 1. The van der Waals surface area contributed by atoms with Gasteiger partial charge in [-0.2, -0.15) is 13.2 Å². The van der Waals surface area contributed by atoms with E-state index in [4.69, 9.17) is 4.74 Å². The molecule has 1 saturated heterocycles. The van der Waals surface area contributed by atoms with Gasteiger partial charge in [-0.05, 0) is 63.3 Å². The lowest BCUT2D eigenvalue weighted by molar-refractivity contribution is -0.137. The number of ether oxygens (including phenoxy) is 1. The zero-order valence-electron chi connectivity index (χ0n) is 14.8. The summed E-state index contributed by atoms with van der Waals surface area (Å²) in [4.78, 5) is 18.6. The molecule has 0 spiro atoms. The molecule has 1 fully saturated rings. The summed E-state index contributed by atoms with van der Waals surface area (Å²) in [5.74, 6) is 0.441. The number of aromatic nitrogens is 1. The molecule has 1 aromatic carbocycles. The lowest BCUT2D eigenvalue weighted by Gasteiger charge is -2.27. The number of hydrogen-bond donors (Lipinski definition) is 1. The van der Waals surface area contributed by atoms with Crippen molar-refractivity contribution in [2.45, 2.75) is 19.0 Å². The average Bonchev–Trinajstić information content (AvgIpc) is 2.63. The number of anilines is 1. The minimum Gasteiger partial charge on any atom is -0.439 e. The summed E-state index contributed by atoms with van der Waals surface area (Å²) in [6.45, 7) is 1.80. The van der Waals surface area contributed by atoms with Crippen molar-refractivity contribution < 1.29 is 22.7 Å². The van der Waals surface area contributed by atoms with E-state index < -0.39 is 11.7 Å². The molecule has 144 valence electrons. The van der Waals surface area contributed by atoms with E-state index in [0.29, 0.717) is 5.69 Å². The first-order valence-corrected chi connectivity index (χ1v) is 8.62. The van der Waals surface area contributed by atoms with Crippen molar-refractivity contribution in [3.63, 3.8) is 0 Å². The fraction of sp³-hybridized carbons (Fsp3) is 0.368. The molecule has 1 N–H and O–H groups in total. The Bertz CT molecular complexity index is 768. The molecular weight excluding hydrogens is 359 g/mol. The van der Waals surface area contributed by atoms with Crippen molar-refractivity contribution in [2.24, 2.45) is 5.92 Å². The number of nitrogens with one attached hydrogen (secondary N) is 1. The summed E-state index contributed by atoms with van der Waals surface area (Å²) in [5, 5.41) is 2.84. The first-order chi connectivity index (χ1) is 12.8. The smallest absolute Gasteiger partial charge is 0.416 e. The third-order valence-electron chi connectivity index (χ3n) is 4.50. The van der Waals surface area contributed by atoms with Crippen molar-refractivity contribution in [3.8, 4) is 11.6 Å². The number of alkyl halides is 3. The third kappa shape index (κ3) is 5.19. The van der Waals surface area contributed by atoms with Gasteiger partial charge >= 0.3 is 6.18 Å². The molecule has 0 aliphatic carbocycles. The second-order valence-electron chi connectivity index (χ2n) is 6.58. The third-order valence-corrected chi connectivity index (χ3v) is 4.50. The zero-order valence-corrected chi connectivity index (χ0v) is 14.8. The number of halogens is 3. The second kappa shape index (κ2) is 7.96. The molecule has 0 radical (unpaired) electrons. The molecule has 27 heavy (non-hydrogen) atoms. The van der Waals surface area contributed by atoms with Crippen LogP contribution in [0.4, 0.5) is 18.9 Å². The first-order valence-electron chi connectivity index (χ1n) is 8.62. The second-order valence-corrected chi connectivity index (χ2v) is 6.58. The normalized spacial score (nSPS) is 16.1. The Hall–Kier alpha value is -2.61. The molecule has 2 aromatic rings. The van der Waals surface area contributed by atoms with Gasteiger partial charge in [-0.25, -0.2) is 4.98 Å².